The highest BCUT2D eigenvalue weighted by Gasteiger charge is 2.33. The van der Waals surface area contributed by atoms with E-state index in [1.165, 1.54) is 43.4 Å². The summed E-state index contributed by atoms with van der Waals surface area (Å²) in [5, 5.41) is 7.26. The Morgan fingerprint density at radius 2 is 2.04 bits per heavy atom. The predicted octanol–water partition coefficient (Wildman–Crippen LogP) is 2.77. The zero-order chi connectivity index (χ0) is 16.8. The third-order valence-electron chi connectivity index (χ3n) is 5.19. The second-order valence-corrected chi connectivity index (χ2v) is 7.89. The topological polar surface area (TPSA) is 61.4 Å². The highest BCUT2D eigenvalue weighted by Crippen LogP contribution is 2.34. The number of nitrogens with zero attached hydrogens (tertiary/aromatic N) is 1. The fourth-order valence-corrected chi connectivity index (χ4v) is 4.78. The van der Waals surface area contributed by atoms with Crippen LogP contribution in [-0.4, -0.2) is 42.5 Å². The normalized spacial score (nSPS) is 24.2. The molecule has 2 N–H and O–H groups in total. The molecule has 1 aromatic heterocycles. The molecular weight excluding hydrogens is 322 g/mol. The Kier molecular flexibility index (Phi) is 6.26. The third kappa shape index (κ3) is 4.80. The highest BCUT2D eigenvalue weighted by atomic mass is 32.1. The molecule has 6 heteroatoms. The molecule has 0 bridgehead atoms. The van der Waals surface area contributed by atoms with Crippen molar-refractivity contribution in [3.8, 4) is 0 Å². The average Bonchev–Trinajstić information content (AvgIpc) is 3.08. The van der Waals surface area contributed by atoms with Crippen molar-refractivity contribution in [3.05, 3.63) is 22.4 Å². The lowest BCUT2D eigenvalue weighted by Gasteiger charge is -2.43. The first kappa shape index (κ1) is 17.4. The number of amides is 3. The van der Waals surface area contributed by atoms with E-state index in [0.29, 0.717) is 19.1 Å². The van der Waals surface area contributed by atoms with Crippen LogP contribution in [0.15, 0.2) is 17.5 Å². The molecule has 5 nitrogen and oxygen atoms in total. The molecule has 0 spiro atoms. The van der Waals surface area contributed by atoms with Gasteiger partial charge in [0.2, 0.25) is 5.91 Å². The highest BCUT2D eigenvalue weighted by molar-refractivity contribution is 7.09. The summed E-state index contributed by atoms with van der Waals surface area (Å²) in [5.41, 5.74) is 0. The lowest BCUT2D eigenvalue weighted by Crippen LogP contribution is -2.52. The van der Waals surface area contributed by atoms with Crippen molar-refractivity contribution in [2.24, 2.45) is 5.92 Å². The molecule has 2 aliphatic rings. The molecule has 0 aromatic carbocycles. The largest absolute Gasteiger partial charge is 0.337 e. The van der Waals surface area contributed by atoms with E-state index in [-0.39, 0.29) is 11.9 Å². The van der Waals surface area contributed by atoms with Gasteiger partial charge in [0.25, 0.3) is 0 Å². The molecule has 2 unspecified atom stereocenters. The molecule has 2 heterocycles. The number of thiophene rings is 1. The summed E-state index contributed by atoms with van der Waals surface area (Å²) in [7, 11) is 0. The van der Waals surface area contributed by atoms with Crippen LogP contribution in [0.5, 0.6) is 0 Å². The summed E-state index contributed by atoms with van der Waals surface area (Å²) in [6, 6.07) is 4.21. The van der Waals surface area contributed by atoms with Gasteiger partial charge in [0.05, 0.1) is 6.54 Å². The van der Waals surface area contributed by atoms with Crippen LogP contribution in [0, 0.1) is 5.92 Å². The Morgan fingerprint density at radius 1 is 1.21 bits per heavy atom. The van der Waals surface area contributed by atoms with Gasteiger partial charge in [-0.25, -0.2) is 4.79 Å². The minimum atomic E-state index is -0.381. The number of imide groups is 1. The SMILES string of the molecule is O=C(CN1CCCC2CCCCC21)NC(=O)NCCc1cccs1. The molecule has 3 rings (SSSR count). The molecule has 1 saturated heterocycles. The van der Waals surface area contributed by atoms with Crippen molar-refractivity contribution in [1.82, 2.24) is 15.5 Å². The van der Waals surface area contributed by atoms with Gasteiger partial charge in [-0.1, -0.05) is 18.9 Å². The summed E-state index contributed by atoms with van der Waals surface area (Å²) in [4.78, 5) is 27.6. The molecule has 3 amide bonds. The maximum atomic E-state index is 12.2. The fraction of sp³-hybridized carbons (Fsp3) is 0.667. The second kappa shape index (κ2) is 8.62. The van der Waals surface area contributed by atoms with Crippen molar-refractivity contribution < 1.29 is 9.59 Å². The number of fused-ring (bicyclic) bond motifs is 1. The Labute approximate surface area is 147 Å². The quantitative estimate of drug-likeness (QED) is 0.859. The van der Waals surface area contributed by atoms with Crippen LogP contribution in [0.1, 0.15) is 43.4 Å². The van der Waals surface area contributed by atoms with E-state index in [2.05, 4.69) is 15.5 Å². The first-order valence-electron chi connectivity index (χ1n) is 9.06. The molecule has 2 fully saturated rings. The summed E-state index contributed by atoms with van der Waals surface area (Å²) < 4.78 is 0. The van der Waals surface area contributed by atoms with Crippen molar-refractivity contribution in [1.29, 1.82) is 0 Å². The number of carbonyl (C=O) groups excluding carboxylic acids is 2. The zero-order valence-corrected chi connectivity index (χ0v) is 14.9. The first-order valence-corrected chi connectivity index (χ1v) is 9.94. The van der Waals surface area contributed by atoms with Crippen LogP contribution < -0.4 is 10.6 Å². The monoisotopic (exact) mass is 349 g/mol. The lowest BCUT2D eigenvalue weighted by atomic mass is 9.78. The van der Waals surface area contributed by atoms with Crippen LogP contribution in [0.2, 0.25) is 0 Å². The van der Waals surface area contributed by atoms with Crippen LogP contribution in [-0.2, 0) is 11.2 Å². The van der Waals surface area contributed by atoms with E-state index in [4.69, 9.17) is 0 Å². The smallest absolute Gasteiger partial charge is 0.321 e. The molecule has 2 atom stereocenters. The van der Waals surface area contributed by atoms with E-state index in [0.717, 1.165) is 18.9 Å². The molecule has 1 saturated carbocycles. The number of urea groups is 1. The van der Waals surface area contributed by atoms with Gasteiger partial charge in [-0.3, -0.25) is 15.0 Å². The van der Waals surface area contributed by atoms with Gasteiger partial charge in [-0.15, -0.1) is 11.3 Å². The van der Waals surface area contributed by atoms with E-state index in [1.54, 1.807) is 11.3 Å². The minimum Gasteiger partial charge on any atom is -0.337 e. The van der Waals surface area contributed by atoms with Crippen molar-refractivity contribution in [2.75, 3.05) is 19.6 Å². The zero-order valence-electron chi connectivity index (χ0n) is 14.1. The standard InChI is InChI=1S/C18H27N3O2S/c22-17(20-18(23)19-10-9-15-7-4-12-24-15)13-21-11-3-6-14-5-1-2-8-16(14)21/h4,7,12,14,16H,1-3,5-6,8-11,13H2,(H2,19,20,22,23). The van der Waals surface area contributed by atoms with Gasteiger partial charge in [0.1, 0.15) is 0 Å². The summed E-state index contributed by atoms with van der Waals surface area (Å²) in [6.45, 7) is 1.88. The van der Waals surface area contributed by atoms with Gasteiger partial charge < -0.3 is 5.32 Å². The number of nitrogens with one attached hydrogen (secondary N) is 2. The number of rotatable bonds is 5. The number of piperidine rings is 1. The van der Waals surface area contributed by atoms with Crippen molar-refractivity contribution in [3.63, 3.8) is 0 Å². The van der Waals surface area contributed by atoms with Gasteiger partial charge in [-0.05, 0) is 56.0 Å². The molecule has 24 heavy (non-hydrogen) atoms. The molecular formula is C18H27N3O2S. The summed E-state index contributed by atoms with van der Waals surface area (Å²) >= 11 is 1.68. The Balaban J connectivity index is 1.38. The fourth-order valence-electron chi connectivity index (χ4n) is 4.07. The van der Waals surface area contributed by atoms with Gasteiger partial charge in [-0.2, -0.15) is 0 Å². The number of hydrogen-bond acceptors (Lipinski definition) is 4. The summed E-state index contributed by atoms with van der Waals surface area (Å²) in [6.07, 6.45) is 8.36. The molecule has 1 aliphatic heterocycles. The maximum absolute atomic E-state index is 12.2. The second-order valence-electron chi connectivity index (χ2n) is 6.86. The molecule has 0 radical (unpaired) electrons. The van der Waals surface area contributed by atoms with Crippen molar-refractivity contribution >= 4 is 23.3 Å². The van der Waals surface area contributed by atoms with E-state index >= 15 is 0 Å². The molecule has 1 aliphatic carbocycles. The Morgan fingerprint density at radius 3 is 2.88 bits per heavy atom. The minimum absolute atomic E-state index is 0.185. The van der Waals surface area contributed by atoms with Crippen LogP contribution in [0.4, 0.5) is 4.79 Å². The van der Waals surface area contributed by atoms with E-state index < -0.39 is 0 Å². The molecule has 132 valence electrons. The van der Waals surface area contributed by atoms with Crippen LogP contribution in [0.3, 0.4) is 0 Å². The van der Waals surface area contributed by atoms with Crippen LogP contribution in [0.25, 0.3) is 0 Å². The Hall–Kier alpha value is -1.40. The van der Waals surface area contributed by atoms with Crippen molar-refractivity contribution in [2.45, 2.75) is 51.0 Å². The van der Waals surface area contributed by atoms with E-state index in [9.17, 15) is 9.59 Å². The number of hydrogen-bond donors (Lipinski definition) is 2. The van der Waals surface area contributed by atoms with Gasteiger partial charge in [0, 0.05) is 17.5 Å². The predicted molar refractivity (Wildman–Crippen MR) is 96.1 cm³/mol. The third-order valence-corrected chi connectivity index (χ3v) is 6.13. The maximum Gasteiger partial charge on any atom is 0.321 e. The molecule has 1 aromatic rings. The number of likely N-dealkylation sites (tertiary alicyclic amines) is 1. The lowest BCUT2D eigenvalue weighted by molar-refractivity contribution is -0.122. The average molecular weight is 350 g/mol. The first-order chi connectivity index (χ1) is 11.7. The van der Waals surface area contributed by atoms with Gasteiger partial charge >= 0.3 is 6.03 Å². The summed E-state index contributed by atoms with van der Waals surface area (Å²) in [5.74, 6) is 0.565. The Bertz CT molecular complexity index is 544. The van der Waals surface area contributed by atoms with E-state index in [1.807, 2.05) is 17.5 Å². The van der Waals surface area contributed by atoms with Crippen LogP contribution >= 0.6 is 11.3 Å². The number of carbonyl (C=O) groups is 2. The van der Waals surface area contributed by atoms with Gasteiger partial charge in [0.15, 0.2) is 0 Å².